The van der Waals surface area contributed by atoms with Crippen LogP contribution in [0.15, 0.2) is 66.9 Å². The van der Waals surface area contributed by atoms with Gasteiger partial charge in [-0.1, -0.05) is 42.5 Å². The molecule has 1 heterocycles. The second-order valence-electron chi connectivity index (χ2n) is 4.99. The summed E-state index contributed by atoms with van der Waals surface area (Å²) in [7, 11) is 0. The van der Waals surface area contributed by atoms with Gasteiger partial charge in [-0.25, -0.2) is 0 Å². The van der Waals surface area contributed by atoms with E-state index in [9.17, 15) is 0 Å². The van der Waals surface area contributed by atoms with Crippen LogP contribution in [0, 0.1) is 0 Å². The number of aromatic nitrogens is 2. The van der Waals surface area contributed by atoms with E-state index in [-0.39, 0.29) is 6.61 Å². The third-order valence-electron chi connectivity index (χ3n) is 3.35. The van der Waals surface area contributed by atoms with Crippen molar-refractivity contribution in [2.24, 2.45) is 0 Å². The van der Waals surface area contributed by atoms with Crippen LogP contribution in [0.4, 0.5) is 0 Å². The standard InChI is InChI=1S/C18H18N2O2/c21-12-11-20-10-9-18(19-20)16-7-4-8-17(13-16)22-14-15-5-2-1-3-6-15/h1-10,13,21H,11-12,14H2. The highest BCUT2D eigenvalue weighted by molar-refractivity contribution is 5.60. The Hall–Kier alpha value is -2.59. The first-order chi connectivity index (χ1) is 10.8. The molecule has 1 aromatic heterocycles. The monoisotopic (exact) mass is 294 g/mol. The molecule has 0 amide bonds. The van der Waals surface area contributed by atoms with Crippen LogP contribution < -0.4 is 4.74 Å². The number of nitrogens with zero attached hydrogens (tertiary/aromatic N) is 2. The van der Waals surface area contributed by atoms with E-state index in [1.54, 1.807) is 4.68 Å². The Morgan fingerprint density at radius 3 is 2.68 bits per heavy atom. The number of benzene rings is 2. The molecular weight excluding hydrogens is 276 g/mol. The van der Waals surface area contributed by atoms with Crippen molar-refractivity contribution in [1.82, 2.24) is 9.78 Å². The number of aliphatic hydroxyl groups is 1. The molecule has 0 spiro atoms. The van der Waals surface area contributed by atoms with Gasteiger partial charge in [0.1, 0.15) is 12.4 Å². The van der Waals surface area contributed by atoms with Gasteiger partial charge in [-0.05, 0) is 23.8 Å². The van der Waals surface area contributed by atoms with Crippen molar-refractivity contribution in [2.75, 3.05) is 6.61 Å². The fourth-order valence-corrected chi connectivity index (χ4v) is 2.23. The quantitative estimate of drug-likeness (QED) is 0.760. The molecule has 0 aliphatic heterocycles. The van der Waals surface area contributed by atoms with Crippen molar-refractivity contribution in [1.29, 1.82) is 0 Å². The summed E-state index contributed by atoms with van der Waals surface area (Å²) in [6.45, 7) is 1.13. The minimum atomic E-state index is 0.0847. The topological polar surface area (TPSA) is 47.3 Å². The molecule has 4 heteroatoms. The zero-order valence-electron chi connectivity index (χ0n) is 12.2. The largest absolute Gasteiger partial charge is 0.489 e. The van der Waals surface area contributed by atoms with Gasteiger partial charge in [-0.2, -0.15) is 5.10 Å². The van der Waals surface area contributed by atoms with Crippen molar-refractivity contribution in [3.05, 3.63) is 72.4 Å². The van der Waals surface area contributed by atoms with Gasteiger partial charge < -0.3 is 9.84 Å². The second kappa shape index (κ2) is 6.91. The summed E-state index contributed by atoms with van der Waals surface area (Å²) < 4.78 is 7.56. The van der Waals surface area contributed by atoms with Crippen molar-refractivity contribution in [3.63, 3.8) is 0 Å². The number of aliphatic hydroxyl groups excluding tert-OH is 1. The minimum Gasteiger partial charge on any atom is -0.489 e. The normalized spacial score (nSPS) is 10.6. The predicted molar refractivity (Wildman–Crippen MR) is 85.5 cm³/mol. The zero-order valence-corrected chi connectivity index (χ0v) is 12.2. The molecule has 0 unspecified atom stereocenters. The zero-order chi connectivity index (χ0) is 15.2. The molecule has 112 valence electrons. The average Bonchev–Trinajstić information content (AvgIpc) is 3.03. The first kappa shape index (κ1) is 14.4. The SMILES string of the molecule is OCCn1ccc(-c2cccc(OCc3ccccc3)c2)n1. The van der Waals surface area contributed by atoms with E-state index in [0.717, 1.165) is 22.6 Å². The Balaban J connectivity index is 1.71. The molecule has 0 bridgehead atoms. The van der Waals surface area contributed by atoms with Gasteiger partial charge in [-0.3, -0.25) is 4.68 Å². The first-order valence-electron chi connectivity index (χ1n) is 7.26. The Morgan fingerprint density at radius 2 is 1.86 bits per heavy atom. The lowest BCUT2D eigenvalue weighted by Gasteiger charge is -2.07. The highest BCUT2D eigenvalue weighted by Crippen LogP contribution is 2.23. The van der Waals surface area contributed by atoms with Crippen molar-refractivity contribution < 1.29 is 9.84 Å². The summed E-state index contributed by atoms with van der Waals surface area (Å²) in [5, 5.41) is 13.4. The fourth-order valence-electron chi connectivity index (χ4n) is 2.23. The highest BCUT2D eigenvalue weighted by Gasteiger charge is 2.04. The summed E-state index contributed by atoms with van der Waals surface area (Å²) in [6, 6.07) is 19.9. The van der Waals surface area contributed by atoms with Crippen molar-refractivity contribution >= 4 is 0 Å². The van der Waals surface area contributed by atoms with E-state index < -0.39 is 0 Å². The van der Waals surface area contributed by atoms with E-state index in [4.69, 9.17) is 9.84 Å². The molecule has 1 N–H and O–H groups in total. The Kier molecular flexibility index (Phi) is 4.51. The number of hydrogen-bond acceptors (Lipinski definition) is 3. The maximum absolute atomic E-state index is 8.94. The molecule has 2 aromatic carbocycles. The van der Waals surface area contributed by atoms with Crippen LogP contribution in [0.25, 0.3) is 11.3 Å². The van der Waals surface area contributed by atoms with Crippen LogP contribution >= 0.6 is 0 Å². The third-order valence-corrected chi connectivity index (χ3v) is 3.35. The van der Waals surface area contributed by atoms with Crippen LogP contribution in [0.1, 0.15) is 5.56 Å². The molecule has 22 heavy (non-hydrogen) atoms. The Bertz CT molecular complexity index is 723. The van der Waals surface area contributed by atoms with Gasteiger partial charge in [0.2, 0.25) is 0 Å². The van der Waals surface area contributed by atoms with Crippen LogP contribution in [0.3, 0.4) is 0 Å². The Morgan fingerprint density at radius 1 is 1.00 bits per heavy atom. The van der Waals surface area contributed by atoms with E-state index in [2.05, 4.69) is 5.10 Å². The van der Waals surface area contributed by atoms with E-state index in [0.29, 0.717) is 13.2 Å². The van der Waals surface area contributed by atoms with Crippen LogP contribution in [0.2, 0.25) is 0 Å². The lowest BCUT2D eigenvalue weighted by molar-refractivity contribution is 0.269. The highest BCUT2D eigenvalue weighted by atomic mass is 16.5. The van der Waals surface area contributed by atoms with Gasteiger partial charge >= 0.3 is 0 Å². The third kappa shape index (κ3) is 3.54. The molecule has 4 nitrogen and oxygen atoms in total. The summed E-state index contributed by atoms with van der Waals surface area (Å²) in [6.07, 6.45) is 1.86. The van der Waals surface area contributed by atoms with Gasteiger partial charge in [0.05, 0.1) is 18.8 Å². The van der Waals surface area contributed by atoms with Gasteiger partial charge in [0, 0.05) is 11.8 Å². The average molecular weight is 294 g/mol. The molecule has 0 fully saturated rings. The maximum atomic E-state index is 8.94. The molecule has 0 radical (unpaired) electrons. The molecule has 0 aliphatic rings. The summed E-state index contributed by atoms with van der Waals surface area (Å²) in [4.78, 5) is 0. The van der Waals surface area contributed by atoms with Crippen molar-refractivity contribution in [3.8, 4) is 17.0 Å². The van der Waals surface area contributed by atoms with Crippen LogP contribution in [-0.4, -0.2) is 21.5 Å². The predicted octanol–water partition coefficient (Wildman–Crippen LogP) is 3.12. The molecule has 0 saturated heterocycles. The molecule has 0 atom stereocenters. The van der Waals surface area contributed by atoms with Gasteiger partial charge in [0.25, 0.3) is 0 Å². The molecule has 3 rings (SSSR count). The summed E-state index contributed by atoms with van der Waals surface area (Å²) in [5.74, 6) is 0.818. The van der Waals surface area contributed by atoms with E-state index >= 15 is 0 Å². The maximum Gasteiger partial charge on any atom is 0.120 e. The lowest BCUT2D eigenvalue weighted by atomic mass is 10.1. The molecular formula is C18H18N2O2. The van der Waals surface area contributed by atoms with Crippen molar-refractivity contribution in [2.45, 2.75) is 13.2 Å². The van der Waals surface area contributed by atoms with E-state index in [1.807, 2.05) is 66.9 Å². The van der Waals surface area contributed by atoms with Gasteiger partial charge in [0.15, 0.2) is 0 Å². The van der Waals surface area contributed by atoms with Crippen LogP contribution in [0.5, 0.6) is 5.75 Å². The van der Waals surface area contributed by atoms with Gasteiger partial charge in [-0.15, -0.1) is 0 Å². The lowest BCUT2D eigenvalue weighted by Crippen LogP contribution is -2.02. The van der Waals surface area contributed by atoms with E-state index in [1.165, 1.54) is 0 Å². The number of rotatable bonds is 6. The summed E-state index contributed by atoms with van der Waals surface area (Å²) >= 11 is 0. The molecule has 3 aromatic rings. The number of ether oxygens (including phenoxy) is 1. The molecule has 0 saturated carbocycles. The smallest absolute Gasteiger partial charge is 0.120 e. The summed E-state index contributed by atoms with van der Waals surface area (Å²) in [5.41, 5.74) is 3.01. The minimum absolute atomic E-state index is 0.0847. The Labute approximate surface area is 129 Å². The first-order valence-corrected chi connectivity index (χ1v) is 7.26. The fraction of sp³-hybridized carbons (Fsp3) is 0.167. The van der Waals surface area contributed by atoms with Crippen LogP contribution in [-0.2, 0) is 13.2 Å². The molecule has 0 aliphatic carbocycles. The second-order valence-corrected chi connectivity index (χ2v) is 4.99. The number of hydrogen-bond donors (Lipinski definition) is 1.